The summed E-state index contributed by atoms with van der Waals surface area (Å²) in [5.74, 6) is -0.625. The quantitative estimate of drug-likeness (QED) is 0.635. The van der Waals surface area contributed by atoms with E-state index in [9.17, 15) is 8.42 Å². The largest absolute Gasteiger partial charge is 0.242 e. The number of hydrogen-bond donors (Lipinski definition) is 1. The van der Waals surface area contributed by atoms with Crippen LogP contribution in [0.15, 0.2) is 34.5 Å². The second-order valence-corrected chi connectivity index (χ2v) is 9.05. The Bertz CT molecular complexity index is 864. The molecule has 1 atom stereocenters. The van der Waals surface area contributed by atoms with Crippen molar-refractivity contribution in [1.29, 1.82) is 5.26 Å². The Balaban J connectivity index is 2.33. The SMILES string of the molecule is CN(C)S(=O)(=O)c1ccc(-c2csc(C(C#N)C(=S)S)n2)cc1. The summed E-state index contributed by atoms with van der Waals surface area (Å²) in [7, 11) is -0.485. The number of thiazole rings is 1. The molecular weight excluding hydrogens is 370 g/mol. The summed E-state index contributed by atoms with van der Waals surface area (Å²) in [6.07, 6.45) is 0. The van der Waals surface area contributed by atoms with Crippen molar-refractivity contribution < 1.29 is 8.42 Å². The molecule has 0 saturated carbocycles. The van der Waals surface area contributed by atoms with E-state index in [0.29, 0.717) is 10.7 Å². The number of aromatic nitrogens is 1. The lowest BCUT2D eigenvalue weighted by Gasteiger charge is -2.11. The van der Waals surface area contributed by atoms with Gasteiger partial charge in [0, 0.05) is 25.0 Å². The first kappa shape index (κ1) is 18.0. The minimum absolute atomic E-state index is 0.216. The number of thiol groups is 1. The van der Waals surface area contributed by atoms with Crippen LogP contribution in [0.5, 0.6) is 0 Å². The predicted molar refractivity (Wildman–Crippen MR) is 98.4 cm³/mol. The normalized spacial score (nSPS) is 12.8. The highest BCUT2D eigenvalue weighted by atomic mass is 32.2. The number of rotatable bonds is 5. The highest BCUT2D eigenvalue weighted by molar-refractivity contribution is 8.11. The van der Waals surface area contributed by atoms with Crippen LogP contribution in [0.25, 0.3) is 11.3 Å². The molecule has 0 amide bonds. The molecule has 2 rings (SSSR count). The fourth-order valence-corrected chi connectivity index (χ4v) is 4.06. The first-order valence-corrected chi connectivity index (χ1v) is 9.55. The van der Waals surface area contributed by atoms with Crippen LogP contribution in [0.1, 0.15) is 10.9 Å². The Morgan fingerprint density at radius 1 is 1.39 bits per heavy atom. The van der Waals surface area contributed by atoms with Crippen molar-refractivity contribution in [2.24, 2.45) is 0 Å². The van der Waals surface area contributed by atoms with Crippen molar-refractivity contribution in [1.82, 2.24) is 9.29 Å². The minimum Gasteiger partial charge on any atom is -0.239 e. The van der Waals surface area contributed by atoms with Crippen molar-refractivity contribution in [3.05, 3.63) is 34.7 Å². The van der Waals surface area contributed by atoms with Gasteiger partial charge in [0.05, 0.1) is 20.9 Å². The maximum atomic E-state index is 12.0. The monoisotopic (exact) mass is 383 g/mol. The Morgan fingerprint density at radius 2 is 2.00 bits per heavy atom. The molecule has 0 saturated heterocycles. The van der Waals surface area contributed by atoms with Gasteiger partial charge >= 0.3 is 0 Å². The van der Waals surface area contributed by atoms with Crippen LogP contribution in [0.3, 0.4) is 0 Å². The Kier molecular flexibility index (Phi) is 5.54. The number of nitrogens with zero attached hydrogens (tertiary/aromatic N) is 3. The zero-order valence-electron chi connectivity index (χ0n) is 12.3. The molecule has 0 radical (unpaired) electrons. The topological polar surface area (TPSA) is 74.1 Å². The predicted octanol–water partition coefficient (Wildman–Crippen LogP) is 2.92. The fourth-order valence-electron chi connectivity index (χ4n) is 1.78. The van der Waals surface area contributed by atoms with E-state index in [-0.39, 0.29) is 9.09 Å². The average molecular weight is 384 g/mol. The molecule has 1 aromatic carbocycles. The molecule has 0 aliphatic heterocycles. The zero-order valence-corrected chi connectivity index (χ0v) is 15.6. The molecule has 1 heterocycles. The van der Waals surface area contributed by atoms with Gasteiger partial charge < -0.3 is 0 Å². The lowest BCUT2D eigenvalue weighted by atomic mass is 10.2. The molecular formula is C14H13N3O2S4. The minimum atomic E-state index is -3.45. The van der Waals surface area contributed by atoms with Crippen LogP contribution < -0.4 is 0 Å². The molecule has 1 unspecified atom stereocenters. The maximum absolute atomic E-state index is 12.0. The van der Waals surface area contributed by atoms with E-state index in [2.05, 4.69) is 23.7 Å². The molecule has 1 aromatic heterocycles. The van der Waals surface area contributed by atoms with E-state index >= 15 is 0 Å². The summed E-state index contributed by atoms with van der Waals surface area (Å²) in [6.45, 7) is 0. The fraction of sp³-hybridized carbons (Fsp3) is 0.214. The molecule has 0 aliphatic rings. The smallest absolute Gasteiger partial charge is 0.239 e. The number of hydrogen-bond acceptors (Lipinski definition) is 6. The Hall–Kier alpha value is -1.31. The van der Waals surface area contributed by atoms with Gasteiger partial charge in [0.15, 0.2) is 0 Å². The summed E-state index contributed by atoms with van der Waals surface area (Å²) < 4.78 is 25.5. The summed E-state index contributed by atoms with van der Waals surface area (Å²) in [5.41, 5.74) is 1.44. The van der Waals surface area contributed by atoms with Crippen molar-refractivity contribution in [2.75, 3.05) is 14.1 Å². The van der Waals surface area contributed by atoms with Crippen molar-refractivity contribution in [3.63, 3.8) is 0 Å². The standard InChI is InChI=1S/C14H13N3O2S4/c1-17(2)23(18,19)10-5-3-9(4-6-10)12-8-22-13(16-12)11(7-15)14(20)21/h3-6,8,11H,1-2H3,(H,20,21). The van der Waals surface area contributed by atoms with Crippen LogP contribution in [-0.4, -0.2) is 36.0 Å². The second kappa shape index (κ2) is 7.07. The van der Waals surface area contributed by atoms with Crippen LogP contribution >= 0.6 is 36.2 Å². The van der Waals surface area contributed by atoms with Gasteiger partial charge in [-0.15, -0.1) is 24.0 Å². The van der Waals surface area contributed by atoms with E-state index in [4.69, 9.17) is 17.5 Å². The van der Waals surface area contributed by atoms with Gasteiger partial charge in [0.25, 0.3) is 0 Å². The Morgan fingerprint density at radius 3 is 2.48 bits per heavy atom. The van der Waals surface area contributed by atoms with Gasteiger partial charge in [-0.25, -0.2) is 17.7 Å². The second-order valence-electron chi connectivity index (χ2n) is 4.78. The van der Waals surface area contributed by atoms with Gasteiger partial charge in [0.1, 0.15) is 10.9 Å². The molecule has 23 heavy (non-hydrogen) atoms. The molecule has 120 valence electrons. The first-order chi connectivity index (χ1) is 10.8. The van der Waals surface area contributed by atoms with E-state index in [0.717, 1.165) is 9.87 Å². The van der Waals surface area contributed by atoms with Crippen molar-refractivity contribution in [3.8, 4) is 17.3 Å². The third kappa shape index (κ3) is 3.79. The van der Waals surface area contributed by atoms with Crippen LogP contribution in [0.2, 0.25) is 0 Å². The van der Waals surface area contributed by atoms with Crippen LogP contribution in [0, 0.1) is 11.3 Å². The summed E-state index contributed by atoms with van der Waals surface area (Å²) in [5, 5.41) is 11.5. The van der Waals surface area contributed by atoms with E-state index in [1.807, 2.05) is 0 Å². The molecule has 0 N–H and O–H groups in total. The highest BCUT2D eigenvalue weighted by Crippen LogP contribution is 2.28. The summed E-state index contributed by atoms with van der Waals surface area (Å²) >= 11 is 10.3. The average Bonchev–Trinajstić information content (AvgIpc) is 2.97. The Labute approximate surface area is 150 Å². The third-order valence-electron chi connectivity index (χ3n) is 3.07. The van der Waals surface area contributed by atoms with E-state index < -0.39 is 15.9 Å². The van der Waals surface area contributed by atoms with Gasteiger partial charge in [-0.2, -0.15) is 5.26 Å². The molecule has 0 bridgehead atoms. The molecule has 2 aromatic rings. The van der Waals surface area contributed by atoms with Gasteiger partial charge in [0.2, 0.25) is 10.0 Å². The van der Waals surface area contributed by atoms with E-state index in [1.54, 1.807) is 17.5 Å². The van der Waals surface area contributed by atoms with Crippen LogP contribution in [0.4, 0.5) is 0 Å². The highest BCUT2D eigenvalue weighted by Gasteiger charge is 2.19. The lowest BCUT2D eigenvalue weighted by Crippen LogP contribution is -2.22. The molecule has 0 fully saturated rings. The van der Waals surface area contributed by atoms with Gasteiger partial charge in [-0.05, 0) is 12.1 Å². The number of sulfonamides is 1. The number of nitriles is 1. The number of thiocarbonyl (C=S) groups is 1. The molecule has 0 aliphatic carbocycles. The van der Waals surface area contributed by atoms with Crippen molar-refractivity contribution >= 4 is 50.4 Å². The summed E-state index contributed by atoms with van der Waals surface area (Å²) in [6, 6.07) is 8.52. The van der Waals surface area contributed by atoms with Gasteiger partial charge in [-0.3, -0.25) is 0 Å². The summed E-state index contributed by atoms with van der Waals surface area (Å²) in [4.78, 5) is 4.62. The molecule has 0 spiro atoms. The molecule has 5 nitrogen and oxygen atoms in total. The van der Waals surface area contributed by atoms with Crippen molar-refractivity contribution in [2.45, 2.75) is 10.8 Å². The van der Waals surface area contributed by atoms with Gasteiger partial charge in [-0.1, -0.05) is 24.4 Å². The first-order valence-electron chi connectivity index (χ1n) is 6.38. The maximum Gasteiger partial charge on any atom is 0.242 e. The number of benzene rings is 1. The van der Waals surface area contributed by atoms with Crippen LogP contribution in [-0.2, 0) is 10.0 Å². The van der Waals surface area contributed by atoms with E-state index in [1.165, 1.54) is 37.6 Å². The molecule has 9 heteroatoms. The zero-order chi connectivity index (χ0) is 17.2. The lowest BCUT2D eigenvalue weighted by molar-refractivity contribution is 0.521. The third-order valence-corrected chi connectivity index (χ3v) is 6.31.